The lowest BCUT2D eigenvalue weighted by molar-refractivity contribution is -0.151. The largest absolute Gasteiger partial charge is 0.462 e. The lowest BCUT2D eigenvalue weighted by Gasteiger charge is -2.24. The summed E-state index contributed by atoms with van der Waals surface area (Å²) in [5.41, 5.74) is 0. The molecule has 0 saturated carbocycles. The molecule has 63 heavy (non-hydrogen) atoms. The zero-order valence-corrected chi connectivity index (χ0v) is 42.2. The number of rotatable bonds is 50. The van der Waals surface area contributed by atoms with Crippen molar-refractivity contribution in [3.63, 3.8) is 0 Å². The van der Waals surface area contributed by atoms with Crippen molar-refractivity contribution in [1.29, 1.82) is 0 Å². The van der Waals surface area contributed by atoms with Crippen molar-refractivity contribution in [3.05, 3.63) is 36.5 Å². The van der Waals surface area contributed by atoms with Gasteiger partial charge < -0.3 is 20.3 Å². The van der Waals surface area contributed by atoms with E-state index in [1.54, 1.807) is 0 Å². The molecule has 6 nitrogen and oxygen atoms in total. The second-order valence-electron chi connectivity index (χ2n) is 19.1. The van der Waals surface area contributed by atoms with Gasteiger partial charge in [-0.15, -0.1) is 0 Å². The van der Waals surface area contributed by atoms with Crippen LogP contribution in [0.1, 0.15) is 290 Å². The van der Waals surface area contributed by atoms with E-state index in [0.29, 0.717) is 19.3 Å². The Kier molecular flexibility index (Phi) is 49.5. The lowest BCUT2D eigenvalue weighted by atomic mass is 10.0. The van der Waals surface area contributed by atoms with Crippen LogP contribution in [0.2, 0.25) is 0 Å². The van der Waals surface area contributed by atoms with Crippen LogP contribution in [0.4, 0.5) is 0 Å². The van der Waals surface area contributed by atoms with Crippen LogP contribution in [0.3, 0.4) is 0 Å². The molecule has 0 fully saturated rings. The third-order valence-electron chi connectivity index (χ3n) is 12.8. The first-order chi connectivity index (χ1) is 31.0. The average Bonchev–Trinajstić information content (AvgIpc) is 3.28. The molecular weight excluding hydrogens is 779 g/mol. The summed E-state index contributed by atoms with van der Waals surface area (Å²) in [5, 5.41) is 23.8. The van der Waals surface area contributed by atoms with Gasteiger partial charge in [0.15, 0.2) is 0 Å². The van der Waals surface area contributed by atoms with Gasteiger partial charge >= 0.3 is 5.97 Å². The van der Waals surface area contributed by atoms with Crippen LogP contribution >= 0.6 is 0 Å². The van der Waals surface area contributed by atoms with Gasteiger partial charge in [0, 0.05) is 6.42 Å². The van der Waals surface area contributed by atoms with E-state index in [-0.39, 0.29) is 24.9 Å². The van der Waals surface area contributed by atoms with E-state index >= 15 is 0 Å². The molecule has 1 amide bonds. The van der Waals surface area contributed by atoms with E-state index in [1.807, 2.05) is 0 Å². The van der Waals surface area contributed by atoms with E-state index in [1.165, 1.54) is 180 Å². The van der Waals surface area contributed by atoms with Crippen LogP contribution in [-0.4, -0.2) is 46.9 Å². The normalized spacial score (nSPS) is 13.4. The van der Waals surface area contributed by atoms with Gasteiger partial charge in [-0.3, -0.25) is 9.59 Å². The summed E-state index contributed by atoms with van der Waals surface area (Å²) in [7, 11) is 0. The Balaban J connectivity index is 4.57. The number of allylic oxidation sites excluding steroid dienone is 6. The van der Waals surface area contributed by atoms with Crippen LogP contribution in [-0.2, 0) is 14.3 Å². The molecule has 0 aliphatic rings. The van der Waals surface area contributed by atoms with Crippen molar-refractivity contribution in [2.75, 3.05) is 6.61 Å². The summed E-state index contributed by atoms with van der Waals surface area (Å²) in [6.07, 6.45) is 60.6. The molecule has 0 bridgehead atoms. The number of unbranched alkanes of at least 4 members (excludes halogenated alkanes) is 34. The smallest absolute Gasteiger partial charge is 0.306 e. The maximum atomic E-state index is 13.2. The summed E-state index contributed by atoms with van der Waals surface area (Å²) >= 11 is 0. The second kappa shape index (κ2) is 51.1. The third kappa shape index (κ3) is 46.4. The van der Waals surface area contributed by atoms with Gasteiger partial charge in [-0.05, 0) is 51.4 Å². The fraction of sp³-hybridized carbons (Fsp3) is 0.860. The number of carbonyl (C=O) groups excluding carboxylic acids is 2. The number of aliphatic hydroxyl groups excluding tert-OH is 2. The number of nitrogens with one attached hydrogen (secondary N) is 1. The standard InChI is InChI=1S/C57H107NO5/c1-4-7-10-13-16-19-22-25-27-28-29-30-32-35-38-41-44-47-50-57(62)63-53(48-45-42-39-36-33-31-26-23-20-17-14-11-8-5-2)51-56(61)58-54(52-59)55(60)49-46-43-40-37-34-24-21-18-15-12-9-6-3/h22,25,27-30,53-55,59-60H,4-21,23-24,26,31-52H2,1-3H3,(H,58,61)/b25-22+,28-27+,30-29+. The van der Waals surface area contributed by atoms with Crippen LogP contribution in [0.25, 0.3) is 0 Å². The number of hydrogen-bond donors (Lipinski definition) is 3. The van der Waals surface area contributed by atoms with Crippen molar-refractivity contribution in [2.24, 2.45) is 0 Å². The van der Waals surface area contributed by atoms with Crippen LogP contribution in [0, 0.1) is 0 Å². The number of esters is 1. The highest BCUT2D eigenvalue weighted by atomic mass is 16.5. The van der Waals surface area contributed by atoms with Crippen LogP contribution < -0.4 is 5.32 Å². The molecule has 0 heterocycles. The molecule has 3 unspecified atom stereocenters. The number of hydrogen-bond acceptors (Lipinski definition) is 5. The molecular formula is C57H107NO5. The van der Waals surface area contributed by atoms with Crippen molar-refractivity contribution in [1.82, 2.24) is 5.32 Å². The number of amides is 1. The molecule has 0 rings (SSSR count). The first-order valence-electron chi connectivity index (χ1n) is 27.7. The molecule has 370 valence electrons. The molecule has 6 heteroatoms. The number of ether oxygens (including phenoxy) is 1. The summed E-state index contributed by atoms with van der Waals surface area (Å²) in [4.78, 5) is 26.2. The van der Waals surface area contributed by atoms with Gasteiger partial charge in [0.25, 0.3) is 0 Å². The van der Waals surface area contributed by atoms with Gasteiger partial charge in [-0.1, -0.05) is 263 Å². The van der Waals surface area contributed by atoms with Gasteiger partial charge in [-0.2, -0.15) is 0 Å². The summed E-state index contributed by atoms with van der Waals surface area (Å²) in [6.45, 7) is 6.48. The highest BCUT2D eigenvalue weighted by Crippen LogP contribution is 2.18. The highest BCUT2D eigenvalue weighted by Gasteiger charge is 2.24. The molecule has 3 N–H and O–H groups in total. The number of aliphatic hydroxyl groups is 2. The van der Waals surface area contributed by atoms with Crippen molar-refractivity contribution in [2.45, 2.75) is 309 Å². The molecule has 0 radical (unpaired) electrons. The third-order valence-corrected chi connectivity index (χ3v) is 12.8. The molecule has 0 saturated heterocycles. The fourth-order valence-electron chi connectivity index (χ4n) is 8.55. The molecule has 0 aromatic rings. The molecule has 3 atom stereocenters. The highest BCUT2D eigenvalue weighted by molar-refractivity contribution is 5.77. The Morgan fingerprint density at radius 3 is 1.21 bits per heavy atom. The Bertz CT molecular complexity index is 1040. The summed E-state index contributed by atoms with van der Waals surface area (Å²) in [5.74, 6) is -0.482. The summed E-state index contributed by atoms with van der Waals surface area (Å²) in [6, 6.07) is -0.702. The topological polar surface area (TPSA) is 95.9 Å². The lowest BCUT2D eigenvalue weighted by Crippen LogP contribution is -2.46. The fourth-order valence-corrected chi connectivity index (χ4v) is 8.55. The maximum absolute atomic E-state index is 13.2. The van der Waals surface area contributed by atoms with E-state index in [4.69, 9.17) is 4.74 Å². The quantitative estimate of drug-likeness (QED) is 0.0321. The molecule has 0 spiro atoms. The van der Waals surface area contributed by atoms with Gasteiger partial charge in [0.05, 0.1) is 25.2 Å². The van der Waals surface area contributed by atoms with Gasteiger partial charge in [0.1, 0.15) is 6.10 Å². The van der Waals surface area contributed by atoms with E-state index in [9.17, 15) is 19.8 Å². The van der Waals surface area contributed by atoms with Crippen molar-refractivity contribution >= 4 is 11.9 Å². The number of carbonyl (C=O) groups is 2. The van der Waals surface area contributed by atoms with Crippen LogP contribution in [0.15, 0.2) is 36.5 Å². The van der Waals surface area contributed by atoms with Crippen molar-refractivity contribution < 1.29 is 24.5 Å². The summed E-state index contributed by atoms with van der Waals surface area (Å²) < 4.78 is 5.95. The molecule has 0 aliphatic carbocycles. The Hall–Kier alpha value is -1.92. The van der Waals surface area contributed by atoms with Crippen molar-refractivity contribution in [3.8, 4) is 0 Å². The van der Waals surface area contributed by atoms with Gasteiger partial charge in [0.2, 0.25) is 5.91 Å². The Morgan fingerprint density at radius 1 is 0.460 bits per heavy atom. The Labute approximate surface area is 392 Å². The Morgan fingerprint density at radius 2 is 0.810 bits per heavy atom. The average molecular weight is 886 g/mol. The van der Waals surface area contributed by atoms with E-state index in [2.05, 4.69) is 62.5 Å². The monoisotopic (exact) mass is 886 g/mol. The second-order valence-corrected chi connectivity index (χ2v) is 19.1. The maximum Gasteiger partial charge on any atom is 0.306 e. The van der Waals surface area contributed by atoms with Gasteiger partial charge in [-0.25, -0.2) is 0 Å². The molecule has 0 aromatic carbocycles. The predicted molar refractivity (Wildman–Crippen MR) is 273 cm³/mol. The molecule has 0 aliphatic heterocycles. The minimum Gasteiger partial charge on any atom is -0.462 e. The SMILES string of the molecule is CCCCCCC/C=C/C=C/C=C/CCCCCCCC(=O)OC(CCCCCCCCCCCCCCCC)CC(=O)NC(CO)C(O)CCCCCCCCCCCCCC. The molecule has 0 aromatic heterocycles. The predicted octanol–water partition coefficient (Wildman–Crippen LogP) is 16.8. The first-order valence-corrected chi connectivity index (χ1v) is 27.7. The van der Waals surface area contributed by atoms with E-state index < -0.39 is 18.2 Å². The minimum absolute atomic E-state index is 0.0735. The minimum atomic E-state index is -0.788. The van der Waals surface area contributed by atoms with Crippen LogP contribution in [0.5, 0.6) is 0 Å². The van der Waals surface area contributed by atoms with E-state index in [0.717, 1.165) is 64.2 Å². The zero-order valence-electron chi connectivity index (χ0n) is 42.2. The first kappa shape index (κ1) is 61.1. The zero-order chi connectivity index (χ0) is 45.9.